The molecule has 0 N–H and O–H groups in total. The van der Waals surface area contributed by atoms with Gasteiger partial charge < -0.3 is 18.6 Å². The molecule has 30 heavy (non-hydrogen) atoms. The van der Waals surface area contributed by atoms with Crippen molar-refractivity contribution in [3.63, 3.8) is 0 Å². The number of nitrogens with zero attached hydrogens (tertiary/aromatic N) is 2. The molecular weight excluding hydrogens is 380 g/mol. The van der Waals surface area contributed by atoms with E-state index >= 15 is 0 Å². The van der Waals surface area contributed by atoms with Crippen molar-refractivity contribution >= 4 is 0 Å². The zero-order valence-corrected chi connectivity index (χ0v) is 18.3. The molecule has 2 aliphatic heterocycles. The maximum Gasteiger partial charge on any atom is 0.129 e. The topological polar surface area (TPSA) is 47.3 Å². The van der Waals surface area contributed by atoms with Gasteiger partial charge in [0, 0.05) is 46.0 Å². The molecule has 2 aromatic rings. The Kier molecular flexibility index (Phi) is 7.44. The number of fused-ring (bicyclic) bond motifs is 1. The molecule has 3 heterocycles. The Balaban J connectivity index is 1.39. The van der Waals surface area contributed by atoms with E-state index in [1.54, 1.807) is 14.2 Å². The van der Waals surface area contributed by atoms with Gasteiger partial charge in [0.15, 0.2) is 0 Å². The van der Waals surface area contributed by atoms with E-state index in [1.807, 2.05) is 12.1 Å². The second-order valence-corrected chi connectivity index (χ2v) is 8.50. The largest absolute Gasteiger partial charge is 0.492 e. The van der Waals surface area contributed by atoms with E-state index < -0.39 is 0 Å². The molecule has 1 fully saturated rings. The van der Waals surface area contributed by atoms with Crippen LogP contribution in [0.4, 0.5) is 0 Å². The highest BCUT2D eigenvalue weighted by Crippen LogP contribution is 2.27. The Labute approximate surface area is 179 Å². The number of ether oxygens (including phenoxy) is 3. The Hall–Kier alpha value is -1.86. The van der Waals surface area contributed by atoms with Crippen LogP contribution in [0, 0.1) is 5.92 Å². The second kappa shape index (κ2) is 10.4. The van der Waals surface area contributed by atoms with E-state index in [2.05, 4.69) is 28.0 Å². The van der Waals surface area contributed by atoms with E-state index in [0.717, 1.165) is 56.6 Å². The number of piperidine rings is 1. The van der Waals surface area contributed by atoms with Gasteiger partial charge in [0.25, 0.3) is 0 Å². The van der Waals surface area contributed by atoms with Crippen LogP contribution in [0.2, 0.25) is 0 Å². The molecule has 0 unspecified atom stereocenters. The average Bonchev–Trinajstić information content (AvgIpc) is 3.07. The second-order valence-electron chi connectivity index (χ2n) is 8.50. The lowest BCUT2D eigenvalue weighted by molar-refractivity contribution is 0.0873. The maximum absolute atomic E-state index is 6.03. The van der Waals surface area contributed by atoms with Gasteiger partial charge in [-0.25, -0.2) is 0 Å². The third kappa shape index (κ3) is 5.64. The smallest absolute Gasteiger partial charge is 0.129 e. The Morgan fingerprint density at radius 3 is 2.77 bits per heavy atom. The van der Waals surface area contributed by atoms with Gasteiger partial charge in [-0.3, -0.25) is 9.80 Å². The summed E-state index contributed by atoms with van der Waals surface area (Å²) in [7, 11) is 3.49. The molecule has 1 aromatic heterocycles. The number of rotatable bonds is 8. The monoisotopic (exact) mass is 414 g/mol. The van der Waals surface area contributed by atoms with Gasteiger partial charge in [0.2, 0.25) is 0 Å². The Morgan fingerprint density at radius 1 is 1.00 bits per heavy atom. The van der Waals surface area contributed by atoms with Gasteiger partial charge in [-0.2, -0.15) is 0 Å². The number of hydrogen-bond acceptors (Lipinski definition) is 6. The maximum atomic E-state index is 6.03. The summed E-state index contributed by atoms with van der Waals surface area (Å²) in [5.41, 5.74) is 2.62. The highest BCUT2D eigenvalue weighted by molar-refractivity contribution is 5.38. The number of benzene rings is 1. The van der Waals surface area contributed by atoms with Crippen molar-refractivity contribution in [3.05, 3.63) is 53.0 Å². The number of hydrogen-bond donors (Lipinski definition) is 0. The number of furan rings is 1. The number of methoxy groups -OCH3 is 2. The van der Waals surface area contributed by atoms with Gasteiger partial charge in [0.1, 0.15) is 30.5 Å². The first-order valence-corrected chi connectivity index (χ1v) is 11.0. The standard InChI is InChI=1S/C24H34N2O4/c1-27-17-20-4-3-9-25(14-20)13-19-5-8-24-21(12-19)15-26(10-11-29-24)16-22-6-7-23(30-22)18-28-2/h5-8,12,20H,3-4,9-11,13-18H2,1-2H3/t20-/m0/s1. The van der Waals surface area contributed by atoms with Crippen molar-refractivity contribution in [3.8, 4) is 5.75 Å². The fraction of sp³-hybridized carbons (Fsp3) is 0.583. The molecule has 1 atom stereocenters. The van der Waals surface area contributed by atoms with E-state index in [0.29, 0.717) is 19.1 Å². The molecule has 0 radical (unpaired) electrons. The van der Waals surface area contributed by atoms with Crippen molar-refractivity contribution in [2.45, 2.75) is 39.1 Å². The van der Waals surface area contributed by atoms with Crippen LogP contribution >= 0.6 is 0 Å². The van der Waals surface area contributed by atoms with E-state index in [9.17, 15) is 0 Å². The Bertz CT molecular complexity index is 804. The zero-order chi connectivity index (χ0) is 20.8. The molecule has 4 rings (SSSR count). The van der Waals surface area contributed by atoms with Gasteiger partial charge >= 0.3 is 0 Å². The number of likely N-dealkylation sites (tertiary alicyclic amines) is 1. The fourth-order valence-corrected chi connectivity index (χ4v) is 4.61. The molecule has 0 spiro atoms. The summed E-state index contributed by atoms with van der Waals surface area (Å²) in [6.07, 6.45) is 2.53. The highest BCUT2D eigenvalue weighted by Gasteiger charge is 2.21. The normalized spacial score (nSPS) is 20.5. The first kappa shape index (κ1) is 21.4. The van der Waals surface area contributed by atoms with Crippen LogP contribution in [0.3, 0.4) is 0 Å². The molecule has 1 saturated heterocycles. The van der Waals surface area contributed by atoms with Crippen LogP contribution in [0.25, 0.3) is 0 Å². The van der Waals surface area contributed by atoms with Gasteiger partial charge in [0.05, 0.1) is 13.2 Å². The molecule has 6 heteroatoms. The lowest BCUT2D eigenvalue weighted by Gasteiger charge is -2.32. The molecule has 0 saturated carbocycles. The summed E-state index contributed by atoms with van der Waals surface area (Å²) in [6.45, 7) is 7.89. The van der Waals surface area contributed by atoms with Crippen LogP contribution in [0.15, 0.2) is 34.7 Å². The van der Waals surface area contributed by atoms with Crippen LogP contribution < -0.4 is 4.74 Å². The molecule has 0 aliphatic carbocycles. The van der Waals surface area contributed by atoms with Crippen LogP contribution in [0.1, 0.15) is 35.5 Å². The van der Waals surface area contributed by atoms with Crippen molar-refractivity contribution in [2.24, 2.45) is 5.92 Å². The first-order chi connectivity index (χ1) is 14.7. The zero-order valence-electron chi connectivity index (χ0n) is 18.3. The third-order valence-electron chi connectivity index (χ3n) is 5.98. The van der Waals surface area contributed by atoms with Gasteiger partial charge in [-0.15, -0.1) is 0 Å². The van der Waals surface area contributed by atoms with E-state index in [1.165, 1.54) is 30.5 Å². The minimum absolute atomic E-state index is 0.511. The Morgan fingerprint density at radius 2 is 1.90 bits per heavy atom. The molecular formula is C24H34N2O4. The summed E-state index contributed by atoms with van der Waals surface area (Å²) in [5.74, 6) is 3.50. The van der Waals surface area contributed by atoms with Crippen LogP contribution in [-0.2, 0) is 35.7 Å². The molecule has 164 valence electrons. The fourth-order valence-electron chi connectivity index (χ4n) is 4.61. The predicted molar refractivity (Wildman–Crippen MR) is 115 cm³/mol. The molecule has 0 bridgehead atoms. The summed E-state index contributed by atoms with van der Waals surface area (Å²) in [6, 6.07) is 10.7. The summed E-state index contributed by atoms with van der Waals surface area (Å²) < 4.78 is 22.5. The summed E-state index contributed by atoms with van der Waals surface area (Å²) >= 11 is 0. The molecule has 2 aliphatic rings. The molecule has 1 aromatic carbocycles. The van der Waals surface area contributed by atoms with Crippen molar-refractivity contribution in [2.75, 3.05) is 47.1 Å². The van der Waals surface area contributed by atoms with Crippen molar-refractivity contribution in [1.29, 1.82) is 0 Å². The minimum Gasteiger partial charge on any atom is -0.492 e. The lowest BCUT2D eigenvalue weighted by Crippen LogP contribution is -2.36. The predicted octanol–water partition coefficient (Wildman–Crippen LogP) is 3.68. The SMILES string of the molecule is COCc1ccc(CN2CCOc3ccc(CN4CCC[C@H](COC)C4)cc3C2)o1. The van der Waals surface area contributed by atoms with Gasteiger partial charge in [-0.05, 0) is 55.1 Å². The van der Waals surface area contributed by atoms with Gasteiger partial charge in [-0.1, -0.05) is 6.07 Å². The van der Waals surface area contributed by atoms with Crippen molar-refractivity contribution < 1.29 is 18.6 Å². The minimum atomic E-state index is 0.511. The quantitative estimate of drug-likeness (QED) is 0.657. The van der Waals surface area contributed by atoms with E-state index in [-0.39, 0.29) is 0 Å². The van der Waals surface area contributed by atoms with Crippen LogP contribution in [0.5, 0.6) is 5.75 Å². The molecule has 6 nitrogen and oxygen atoms in total. The highest BCUT2D eigenvalue weighted by atomic mass is 16.5. The van der Waals surface area contributed by atoms with E-state index in [4.69, 9.17) is 18.6 Å². The van der Waals surface area contributed by atoms with Crippen LogP contribution in [-0.4, -0.2) is 56.9 Å². The average molecular weight is 415 g/mol. The summed E-state index contributed by atoms with van der Waals surface area (Å²) in [5, 5.41) is 0. The first-order valence-electron chi connectivity index (χ1n) is 11.0. The summed E-state index contributed by atoms with van der Waals surface area (Å²) in [4.78, 5) is 4.95. The lowest BCUT2D eigenvalue weighted by atomic mass is 9.98. The third-order valence-corrected chi connectivity index (χ3v) is 5.98. The molecule has 0 amide bonds. The van der Waals surface area contributed by atoms with Crippen molar-refractivity contribution in [1.82, 2.24) is 9.80 Å².